The SMILES string of the molecule is N#Cc1c(-c2cccc(NC(=O)c3cc4ccccc4s3)c2)nc(Nc2ccc(Cl)cc2)[nH]c1=O. The van der Waals surface area contributed by atoms with E-state index in [9.17, 15) is 14.9 Å². The van der Waals surface area contributed by atoms with E-state index >= 15 is 0 Å². The molecule has 35 heavy (non-hydrogen) atoms. The third-order valence-electron chi connectivity index (χ3n) is 5.18. The average molecular weight is 498 g/mol. The molecule has 3 aromatic carbocycles. The molecule has 9 heteroatoms. The predicted molar refractivity (Wildman–Crippen MR) is 140 cm³/mol. The van der Waals surface area contributed by atoms with E-state index in [1.165, 1.54) is 11.3 Å². The standard InChI is InChI=1S/C26H16ClN5O2S/c27-17-8-10-18(11-9-17)30-26-31-23(20(14-28)24(33)32-26)16-5-3-6-19(12-16)29-25(34)22-13-15-4-1-2-7-21(15)35-22/h1-13H,(H,29,34)(H2,30,31,32,33). The lowest BCUT2D eigenvalue weighted by molar-refractivity contribution is 0.103. The van der Waals surface area contributed by atoms with Gasteiger partial charge in [0.15, 0.2) is 0 Å². The molecule has 1 amide bonds. The fraction of sp³-hybridized carbons (Fsp3) is 0. The van der Waals surface area contributed by atoms with Gasteiger partial charge >= 0.3 is 0 Å². The molecule has 5 aromatic rings. The molecule has 2 aromatic heterocycles. The number of benzene rings is 3. The number of carbonyl (C=O) groups is 1. The van der Waals surface area contributed by atoms with Gasteiger partial charge in [0.05, 0.1) is 10.6 Å². The molecule has 0 aliphatic carbocycles. The zero-order chi connectivity index (χ0) is 24.4. The summed E-state index contributed by atoms with van der Waals surface area (Å²) in [4.78, 5) is 33.1. The molecule has 7 nitrogen and oxygen atoms in total. The van der Waals surface area contributed by atoms with Crippen LogP contribution in [-0.4, -0.2) is 15.9 Å². The second-order valence-electron chi connectivity index (χ2n) is 7.57. The first-order chi connectivity index (χ1) is 17.0. The Kier molecular flexibility index (Phi) is 6.02. The van der Waals surface area contributed by atoms with E-state index < -0.39 is 5.56 Å². The minimum atomic E-state index is -0.575. The van der Waals surface area contributed by atoms with Crippen LogP contribution in [0.4, 0.5) is 17.3 Å². The highest BCUT2D eigenvalue weighted by molar-refractivity contribution is 7.20. The Morgan fingerprint density at radius 1 is 1.00 bits per heavy atom. The normalized spacial score (nSPS) is 10.6. The number of amides is 1. The lowest BCUT2D eigenvalue weighted by Gasteiger charge is -2.10. The van der Waals surface area contributed by atoms with E-state index in [-0.39, 0.29) is 23.1 Å². The van der Waals surface area contributed by atoms with E-state index in [0.29, 0.717) is 26.8 Å². The molecule has 0 saturated carbocycles. The van der Waals surface area contributed by atoms with E-state index in [1.807, 2.05) is 36.4 Å². The third kappa shape index (κ3) is 4.77. The highest BCUT2D eigenvalue weighted by atomic mass is 35.5. The highest BCUT2D eigenvalue weighted by Gasteiger charge is 2.15. The van der Waals surface area contributed by atoms with Crippen LogP contribution < -0.4 is 16.2 Å². The van der Waals surface area contributed by atoms with Gasteiger partial charge in [-0.15, -0.1) is 11.3 Å². The summed E-state index contributed by atoms with van der Waals surface area (Å²) in [5, 5.41) is 17.1. The maximum absolute atomic E-state index is 12.8. The quantitative estimate of drug-likeness (QED) is 0.269. The maximum atomic E-state index is 12.8. The maximum Gasteiger partial charge on any atom is 0.270 e. The largest absolute Gasteiger partial charge is 0.326 e. The van der Waals surface area contributed by atoms with Crippen LogP contribution >= 0.6 is 22.9 Å². The summed E-state index contributed by atoms with van der Waals surface area (Å²) in [7, 11) is 0. The number of anilines is 3. The summed E-state index contributed by atoms with van der Waals surface area (Å²) in [6.07, 6.45) is 0. The van der Waals surface area contributed by atoms with Crippen LogP contribution in [-0.2, 0) is 0 Å². The van der Waals surface area contributed by atoms with Gasteiger partial charge in [-0.25, -0.2) is 4.98 Å². The smallest absolute Gasteiger partial charge is 0.270 e. The van der Waals surface area contributed by atoms with Crippen LogP contribution in [0.5, 0.6) is 0 Å². The number of aromatic amines is 1. The zero-order valence-corrected chi connectivity index (χ0v) is 19.6. The van der Waals surface area contributed by atoms with Crippen molar-refractivity contribution in [2.75, 3.05) is 10.6 Å². The van der Waals surface area contributed by atoms with Crippen molar-refractivity contribution in [3.05, 3.63) is 105 Å². The van der Waals surface area contributed by atoms with Crippen LogP contribution in [0.15, 0.2) is 83.7 Å². The van der Waals surface area contributed by atoms with Gasteiger partial charge in [0.1, 0.15) is 11.6 Å². The molecule has 170 valence electrons. The van der Waals surface area contributed by atoms with E-state index in [4.69, 9.17) is 11.6 Å². The number of H-pyrrole nitrogens is 1. The fourth-order valence-electron chi connectivity index (χ4n) is 3.55. The van der Waals surface area contributed by atoms with Crippen molar-refractivity contribution < 1.29 is 4.79 Å². The van der Waals surface area contributed by atoms with Crippen LogP contribution in [0, 0.1) is 11.3 Å². The second-order valence-corrected chi connectivity index (χ2v) is 9.09. The predicted octanol–water partition coefficient (Wildman–Crippen LogP) is 6.17. The van der Waals surface area contributed by atoms with Gasteiger partial charge in [-0.05, 0) is 53.9 Å². The van der Waals surface area contributed by atoms with E-state index in [0.717, 1.165) is 10.1 Å². The summed E-state index contributed by atoms with van der Waals surface area (Å²) in [6.45, 7) is 0. The molecule has 0 spiro atoms. The number of nitriles is 1. The van der Waals surface area contributed by atoms with Gasteiger partial charge in [-0.3, -0.25) is 14.6 Å². The summed E-state index contributed by atoms with van der Waals surface area (Å²) in [6, 6.07) is 25.3. The topological polar surface area (TPSA) is 111 Å². The van der Waals surface area contributed by atoms with Gasteiger partial charge in [-0.2, -0.15) is 5.26 Å². The Labute approximate surface area is 208 Å². The van der Waals surface area contributed by atoms with E-state index in [2.05, 4.69) is 20.6 Å². The lowest BCUT2D eigenvalue weighted by Crippen LogP contribution is -2.16. The van der Waals surface area contributed by atoms with Crippen LogP contribution in [0.2, 0.25) is 5.02 Å². The van der Waals surface area contributed by atoms with Gasteiger partial charge < -0.3 is 10.6 Å². The number of hydrogen-bond acceptors (Lipinski definition) is 6. The second kappa shape index (κ2) is 9.43. The van der Waals surface area contributed by atoms with Gasteiger partial charge in [0.25, 0.3) is 11.5 Å². The van der Waals surface area contributed by atoms with E-state index in [1.54, 1.807) is 48.5 Å². The number of fused-ring (bicyclic) bond motifs is 1. The molecular weight excluding hydrogens is 482 g/mol. The average Bonchev–Trinajstić information content (AvgIpc) is 3.30. The van der Waals surface area contributed by atoms with Crippen molar-refractivity contribution >= 4 is 56.3 Å². The molecule has 5 rings (SSSR count). The molecule has 0 saturated heterocycles. The molecule has 0 aliphatic heterocycles. The van der Waals surface area contributed by atoms with Crippen molar-refractivity contribution in [2.45, 2.75) is 0 Å². The Hall–Kier alpha value is -4.45. The van der Waals surface area contributed by atoms with Crippen molar-refractivity contribution in [3.63, 3.8) is 0 Å². The number of nitrogens with zero attached hydrogens (tertiary/aromatic N) is 2. The highest BCUT2D eigenvalue weighted by Crippen LogP contribution is 2.28. The van der Waals surface area contributed by atoms with Gasteiger partial charge in [0, 0.05) is 26.7 Å². The number of nitrogens with one attached hydrogen (secondary N) is 3. The molecule has 0 bridgehead atoms. The first-order valence-electron chi connectivity index (χ1n) is 10.5. The van der Waals surface area contributed by atoms with Crippen LogP contribution in [0.1, 0.15) is 15.2 Å². The molecule has 0 unspecified atom stereocenters. The third-order valence-corrected chi connectivity index (χ3v) is 6.55. The number of carbonyl (C=O) groups excluding carboxylic acids is 1. The first kappa shape index (κ1) is 22.3. The molecule has 0 aliphatic rings. The fourth-order valence-corrected chi connectivity index (χ4v) is 4.63. The molecule has 3 N–H and O–H groups in total. The summed E-state index contributed by atoms with van der Waals surface area (Å²) in [5.41, 5.74) is 1.20. The van der Waals surface area contributed by atoms with Crippen molar-refractivity contribution in [2.24, 2.45) is 0 Å². The number of hydrogen-bond donors (Lipinski definition) is 3. The minimum Gasteiger partial charge on any atom is -0.326 e. The van der Waals surface area contributed by atoms with Crippen LogP contribution in [0.25, 0.3) is 21.3 Å². The van der Waals surface area contributed by atoms with Gasteiger partial charge in [0.2, 0.25) is 5.95 Å². The Morgan fingerprint density at radius 3 is 2.57 bits per heavy atom. The van der Waals surface area contributed by atoms with Crippen molar-refractivity contribution in [1.82, 2.24) is 9.97 Å². The van der Waals surface area contributed by atoms with Crippen molar-refractivity contribution in [1.29, 1.82) is 5.26 Å². The Morgan fingerprint density at radius 2 is 1.80 bits per heavy atom. The monoisotopic (exact) mass is 497 g/mol. The summed E-state index contributed by atoms with van der Waals surface area (Å²) < 4.78 is 1.03. The molecule has 0 fully saturated rings. The summed E-state index contributed by atoms with van der Waals surface area (Å²) >= 11 is 7.34. The minimum absolute atomic E-state index is 0.125. The first-order valence-corrected chi connectivity index (χ1v) is 11.7. The molecule has 0 atom stereocenters. The number of halogens is 1. The molecule has 2 heterocycles. The Bertz CT molecular complexity index is 1640. The Balaban J connectivity index is 1.46. The van der Waals surface area contributed by atoms with Crippen molar-refractivity contribution in [3.8, 4) is 17.3 Å². The summed E-state index contributed by atoms with van der Waals surface area (Å²) in [5.74, 6) is -0.0705. The molecular formula is C26H16ClN5O2S. The lowest BCUT2D eigenvalue weighted by atomic mass is 10.1. The molecule has 0 radical (unpaired) electrons. The number of rotatable bonds is 5. The number of aromatic nitrogens is 2. The van der Waals surface area contributed by atoms with Crippen LogP contribution in [0.3, 0.4) is 0 Å². The van der Waals surface area contributed by atoms with Gasteiger partial charge in [-0.1, -0.05) is 41.9 Å². The zero-order valence-electron chi connectivity index (χ0n) is 18.0. The number of thiophene rings is 1.